The molecular weight excluding hydrogens is 284 g/mol. The fourth-order valence-corrected chi connectivity index (χ4v) is 2.11. The zero-order chi connectivity index (χ0) is 16.0. The molecular formula is C13H16O8. The number of hydrogen-bond acceptors (Lipinski definition) is 8. The quantitative estimate of drug-likeness (QED) is 0.529. The molecule has 0 amide bonds. The van der Waals surface area contributed by atoms with Gasteiger partial charge in [0.05, 0.1) is 0 Å². The van der Waals surface area contributed by atoms with Crippen LogP contribution >= 0.6 is 0 Å². The average Bonchev–Trinajstić information content (AvgIpc) is 2.22. The van der Waals surface area contributed by atoms with E-state index in [1.807, 2.05) is 0 Å². The Morgan fingerprint density at radius 2 is 0.905 bits per heavy atom. The first kappa shape index (κ1) is 15.3. The third-order valence-electron chi connectivity index (χ3n) is 3.00. The number of hydrogen-bond donors (Lipinski definition) is 0. The molecule has 2 heterocycles. The Morgan fingerprint density at radius 1 is 0.667 bits per heavy atom. The lowest BCUT2D eigenvalue weighted by Gasteiger charge is -2.36. The largest absolute Gasteiger partial charge is 0.422 e. The SMILES string of the molecule is CC1(C)OC(=O)C(CC2C(=O)OC(C)(C)OC2=O)C(=O)O1. The lowest BCUT2D eigenvalue weighted by molar-refractivity contribution is -0.245. The van der Waals surface area contributed by atoms with Gasteiger partial charge in [0.1, 0.15) is 0 Å². The molecule has 116 valence electrons. The van der Waals surface area contributed by atoms with Gasteiger partial charge in [0.25, 0.3) is 11.6 Å². The molecule has 2 fully saturated rings. The third kappa shape index (κ3) is 3.14. The summed E-state index contributed by atoms with van der Waals surface area (Å²) in [6.07, 6.45) is -0.401. The molecule has 2 saturated heterocycles. The molecule has 2 rings (SSSR count). The molecule has 21 heavy (non-hydrogen) atoms. The molecule has 0 aromatic heterocycles. The molecule has 0 bridgehead atoms. The van der Waals surface area contributed by atoms with Gasteiger partial charge in [-0.15, -0.1) is 0 Å². The highest BCUT2D eigenvalue weighted by Gasteiger charge is 2.50. The summed E-state index contributed by atoms with van der Waals surface area (Å²) < 4.78 is 19.7. The monoisotopic (exact) mass is 300 g/mol. The van der Waals surface area contributed by atoms with Crippen LogP contribution < -0.4 is 0 Å². The van der Waals surface area contributed by atoms with E-state index in [1.165, 1.54) is 27.7 Å². The van der Waals surface area contributed by atoms with Crippen molar-refractivity contribution in [2.75, 3.05) is 0 Å². The van der Waals surface area contributed by atoms with Crippen LogP contribution in [0.2, 0.25) is 0 Å². The summed E-state index contributed by atoms with van der Waals surface area (Å²) in [5.41, 5.74) is 0. The molecule has 0 radical (unpaired) electrons. The Kier molecular flexibility index (Phi) is 3.43. The van der Waals surface area contributed by atoms with Crippen molar-refractivity contribution in [3.8, 4) is 0 Å². The van der Waals surface area contributed by atoms with Crippen molar-refractivity contribution >= 4 is 23.9 Å². The molecule has 2 aliphatic heterocycles. The van der Waals surface area contributed by atoms with Crippen LogP contribution in [0, 0.1) is 11.8 Å². The normalized spacial score (nSPS) is 25.7. The fourth-order valence-electron chi connectivity index (χ4n) is 2.11. The summed E-state index contributed by atoms with van der Waals surface area (Å²) in [6, 6.07) is 0. The van der Waals surface area contributed by atoms with Crippen LogP contribution in [0.5, 0.6) is 0 Å². The topological polar surface area (TPSA) is 105 Å². The molecule has 0 atom stereocenters. The fraction of sp³-hybridized carbons (Fsp3) is 0.692. The van der Waals surface area contributed by atoms with Crippen molar-refractivity contribution in [2.45, 2.75) is 45.7 Å². The summed E-state index contributed by atoms with van der Waals surface area (Å²) in [7, 11) is 0. The molecule has 8 heteroatoms. The minimum absolute atomic E-state index is 0.401. The van der Waals surface area contributed by atoms with Crippen LogP contribution in [0.3, 0.4) is 0 Å². The lowest BCUT2D eigenvalue weighted by atomic mass is 9.93. The van der Waals surface area contributed by atoms with Gasteiger partial charge in [-0.3, -0.25) is 19.2 Å². The second-order valence-electron chi connectivity index (χ2n) is 5.82. The molecule has 0 N–H and O–H groups in total. The minimum Gasteiger partial charge on any atom is -0.422 e. The molecule has 0 spiro atoms. The van der Waals surface area contributed by atoms with E-state index in [2.05, 4.69) is 0 Å². The van der Waals surface area contributed by atoms with E-state index in [-0.39, 0.29) is 0 Å². The van der Waals surface area contributed by atoms with E-state index in [0.717, 1.165) is 0 Å². The standard InChI is InChI=1S/C13H16O8/c1-12(2)18-8(14)6(9(15)19-12)5-7-10(16)20-13(3,4)21-11(7)17/h6-7H,5H2,1-4H3. The number of ether oxygens (including phenoxy) is 4. The predicted octanol–water partition coefficient (Wildman–Crippen LogP) is 0.281. The van der Waals surface area contributed by atoms with Gasteiger partial charge >= 0.3 is 23.9 Å². The van der Waals surface area contributed by atoms with Gasteiger partial charge in [-0.2, -0.15) is 0 Å². The van der Waals surface area contributed by atoms with Crippen molar-refractivity contribution in [1.82, 2.24) is 0 Å². The summed E-state index contributed by atoms with van der Waals surface area (Å²) in [6.45, 7) is 5.63. The maximum atomic E-state index is 11.8. The number of esters is 4. The number of carbonyl (C=O) groups excluding carboxylic acids is 4. The second-order valence-corrected chi connectivity index (χ2v) is 5.82. The average molecular weight is 300 g/mol. The van der Waals surface area contributed by atoms with E-state index in [0.29, 0.717) is 0 Å². The van der Waals surface area contributed by atoms with Crippen molar-refractivity contribution in [3.63, 3.8) is 0 Å². The Hall–Kier alpha value is -2.12. The van der Waals surface area contributed by atoms with Crippen LogP contribution in [0.25, 0.3) is 0 Å². The first-order valence-electron chi connectivity index (χ1n) is 6.42. The summed E-state index contributed by atoms with van der Waals surface area (Å²) in [5.74, 6) is -8.82. The van der Waals surface area contributed by atoms with Gasteiger partial charge in [-0.1, -0.05) is 0 Å². The van der Waals surface area contributed by atoms with Gasteiger partial charge < -0.3 is 18.9 Å². The molecule has 0 unspecified atom stereocenters. The van der Waals surface area contributed by atoms with Crippen molar-refractivity contribution in [2.24, 2.45) is 11.8 Å². The van der Waals surface area contributed by atoms with Crippen molar-refractivity contribution in [3.05, 3.63) is 0 Å². The molecule has 8 nitrogen and oxygen atoms in total. The molecule has 2 aliphatic rings. The van der Waals surface area contributed by atoms with Crippen LogP contribution in [0.4, 0.5) is 0 Å². The highest BCUT2D eigenvalue weighted by molar-refractivity contribution is 6.01. The summed E-state index contributed by atoms with van der Waals surface area (Å²) >= 11 is 0. The van der Waals surface area contributed by atoms with Crippen molar-refractivity contribution < 1.29 is 38.1 Å². The summed E-state index contributed by atoms with van der Waals surface area (Å²) in [5, 5.41) is 0. The van der Waals surface area contributed by atoms with E-state index >= 15 is 0 Å². The second kappa shape index (κ2) is 4.71. The number of rotatable bonds is 2. The van der Waals surface area contributed by atoms with Crippen molar-refractivity contribution in [1.29, 1.82) is 0 Å². The van der Waals surface area contributed by atoms with Gasteiger partial charge in [-0.05, 0) is 6.42 Å². The molecule has 0 aromatic carbocycles. The van der Waals surface area contributed by atoms with Crippen LogP contribution in [0.1, 0.15) is 34.1 Å². The minimum atomic E-state index is -1.36. The lowest BCUT2D eigenvalue weighted by Crippen LogP contribution is -2.50. The zero-order valence-electron chi connectivity index (χ0n) is 12.1. The first-order chi connectivity index (χ1) is 9.51. The third-order valence-corrected chi connectivity index (χ3v) is 3.00. The van der Waals surface area contributed by atoms with E-state index in [1.54, 1.807) is 0 Å². The first-order valence-corrected chi connectivity index (χ1v) is 6.42. The van der Waals surface area contributed by atoms with Gasteiger partial charge in [0, 0.05) is 27.7 Å². The predicted molar refractivity (Wildman–Crippen MR) is 64.1 cm³/mol. The Morgan fingerprint density at radius 3 is 1.14 bits per heavy atom. The smallest absolute Gasteiger partial charge is 0.323 e. The van der Waals surface area contributed by atoms with E-state index in [9.17, 15) is 19.2 Å². The zero-order valence-corrected chi connectivity index (χ0v) is 12.1. The maximum Gasteiger partial charge on any atom is 0.323 e. The van der Waals surface area contributed by atoms with Crippen LogP contribution in [0.15, 0.2) is 0 Å². The Bertz CT molecular complexity index is 432. The van der Waals surface area contributed by atoms with Crippen LogP contribution in [-0.4, -0.2) is 35.5 Å². The molecule has 0 saturated carbocycles. The number of cyclic esters (lactones) is 4. The maximum absolute atomic E-state index is 11.8. The highest BCUT2D eigenvalue weighted by atomic mass is 16.8. The summed E-state index contributed by atoms with van der Waals surface area (Å²) in [4.78, 5) is 47.2. The molecule has 0 aromatic rings. The Balaban J connectivity index is 2.11. The number of carbonyl (C=O) groups is 4. The van der Waals surface area contributed by atoms with Gasteiger partial charge in [0.2, 0.25) is 0 Å². The van der Waals surface area contributed by atoms with Gasteiger partial charge in [-0.25, -0.2) is 0 Å². The van der Waals surface area contributed by atoms with E-state index in [4.69, 9.17) is 18.9 Å². The van der Waals surface area contributed by atoms with E-state index < -0.39 is 53.7 Å². The Labute approximate surface area is 120 Å². The highest BCUT2D eigenvalue weighted by Crippen LogP contribution is 2.31. The van der Waals surface area contributed by atoms with Gasteiger partial charge in [0.15, 0.2) is 11.8 Å². The molecule has 0 aliphatic carbocycles. The van der Waals surface area contributed by atoms with Crippen LogP contribution in [-0.2, 0) is 38.1 Å².